The van der Waals surface area contributed by atoms with Crippen LogP contribution in [0.3, 0.4) is 0 Å². The van der Waals surface area contributed by atoms with Crippen molar-refractivity contribution in [1.82, 2.24) is 0 Å². The molecule has 1 unspecified atom stereocenters. The normalized spacial score (nSPS) is 18.4. The Kier molecular flexibility index (Phi) is 4.39. The zero-order valence-electron chi connectivity index (χ0n) is 10.1. The highest BCUT2D eigenvalue weighted by molar-refractivity contribution is 7.99. The van der Waals surface area contributed by atoms with Crippen LogP contribution in [0.25, 0.3) is 0 Å². The molecule has 0 amide bonds. The van der Waals surface area contributed by atoms with Crippen LogP contribution in [0.4, 0.5) is 5.69 Å². The van der Waals surface area contributed by atoms with E-state index in [2.05, 4.69) is 0 Å². The van der Waals surface area contributed by atoms with Crippen molar-refractivity contribution in [3.05, 3.63) is 33.9 Å². The third-order valence-electron chi connectivity index (χ3n) is 2.85. The van der Waals surface area contributed by atoms with Crippen molar-refractivity contribution in [2.75, 3.05) is 12.4 Å². The highest BCUT2D eigenvalue weighted by atomic mass is 32.2. The topological polar surface area (TPSA) is 89.7 Å². The van der Waals surface area contributed by atoms with Crippen molar-refractivity contribution < 1.29 is 19.6 Å². The summed E-state index contributed by atoms with van der Waals surface area (Å²) in [5, 5.41) is 19.7. The van der Waals surface area contributed by atoms with E-state index in [1.165, 1.54) is 23.9 Å². The number of hydrogen-bond donors (Lipinski definition) is 1. The van der Waals surface area contributed by atoms with Gasteiger partial charge in [0, 0.05) is 29.4 Å². The van der Waals surface area contributed by atoms with Crippen LogP contribution < -0.4 is 0 Å². The molecule has 1 fully saturated rings. The van der Waals surface area contributed by atoms with E-state index in [0.29, 0.717) is 10.6 Å². The van der Waals surface area contributed by atoms with Crippen LogP contribution in [0.1, 0.15) is 23.2 Å². The molecular weight excluding hydrogens is 270 g/mol. The van der Waals surface area contributed by atoms with Crippen LogP contribution in [0.15, 0.2) is 23.1 Å². The van der Waals surface area contributed by atoms with E-state index in [0.717, 1.165) is 25.5 Å². The van der Waals surface area contributed by atoms with Gasteiger partial charge in [-0.2, -0.15) is 0 Å². The molecule has 7 heteroatoms. The highest BCUT2D eigenvalue weighted by Gasteiger charge is 2.19. The van der Waals surface area contributed by atoms with Crippen molar-refractivity contribution in [2.24, 2.45) is 0 Å². The fourth-order valence-corrected chi connectivity index (χ4v) is 2.98. The molecule has 0 aliphatic carbocycles. The van der Waals surface area contributed by atoms with Gasteiger partial charge in [0.05, 0.1) is 16.6 Å². The molecule has 1 saturated heterocycles. The Hall–Kier alpha value is -1.60. The van der Waals surface area contributed by atoms with Crippen molar-refractivity contribution in [1.29, 1.82) is 0 Å². The average Bonchev–Trinajstić information content (AvgIpc) is 2.89. The van der Waals surface area contributed by atoms with Gasteiger partial charge in [-0.1, -0.05) is 0 Å². The SMILES string of the molecule is O=C(O)c1cc([N+](=O)[O-])ccc1SCC1CCCO1. The molecular formula is C12H13NO5S. The summed E-state index contributed by atoms with van der Waals surface area (Å²) >= 11 is 1.36. The number of non-ortho nitro benzene ring substituents is 1. The van der Waals surface area contributed by atoms with E-state index in [4.69, 9.17) is 9.84 Å². The Labute approximate surface area is 113 Å². The van der Waals surface area contributed by atoms with Gasteiger partial charge in [0.1, 0.15) is 0 Å². The molecule has 102 valence electrons. The smallest absolute Gasteiger partial charge is 0.337 e. The third-order valence-corrected chi connectivity index (χ3v) is 4.06. The van der Waals surface area contributed by atoms with Gasteiger partial charge in [-0.15, -0.1) is 11.8 Å². The van der Waals surface area contributed by atoms with Crippen molar-refractivity contribution in [3.8, 4) is 0 Å². The lowest BCUT2D eigenvalue weighted by atomic mass is 10.2. The molecule has 1 N–H and O–H groups in total. The van der Waals surface area contributed by atoms with E-state index >= 15 is 0 Å². The minimum atomic E-state index is -1.15. The van der Waals surface area contributed by atoms with Crippen LogP contribution >= 0.6 is 11.8 Å². The quantitative estimate of drug-likeness (QED) is 0.507. The second-order valence-electron chi connectivity index (χ2n) is 4.19. The van der Waals surface area contributed by atoms with Gasteiger partial charge in [-0.05, 0) is 18.9 Å². The first-order chi connectivity index (χ1) is 9.08. The summed E-state index contributed by atoms with van der Waals surface area (Å²) in [5.74, 6) is -0.489. The maximum Gasteiger partial charge on any atom is 0.337 e. The van der Waals surface area contributed by atoms with Crippen LogP contribution in [0.2, 0.25) is 0 Å². The maximum atomic E-state index is 11.1. The number of nitro benzene ring substituents is 1. The van der Waals surface area contributed by atoms with Gasteiger partial charge in [0.25, 0.3) is 5.69 Å². The standard InChI is InChI=1S/C12H13NO5S/c14-12(15)10-6-8(13(16)17)3-4-11(10)19-7-9-2-1-5-18-9/h3-4,6,9H,1-2,5,7H2,(H,14,15). The van der Waals surface area contributed by atoms with Crippen molar-refractivity contribution in [3.63, 3.8) is 0 Å². The molecule has 0 radical (unpaired) electrons. The molecule has 1 aromatic carbocycles. The first kappa shape index (κ1) is 13.8. The van der Waals surface area contributed by atoms with Crippen molar-refractivity contribution >= 4 is 23.4 Å². The monoisotopic (exact) mass is 283 g/mol. The molecule has 1 heterocycles. The number of carbonyl (C=O) groups is 1. The molecule has 1 aromatic rings. The molecule has 0 bridgehead atoms. The molecule has 19 heavy (non-hydrogen) atoms. The molecule has 0 saturated carbocycles. The first-order valence-corrected chi connectivity index (χ1v) is 6.82. The Morgan fingerprint density at radius 3 is 2.95 bits per heavy atom. The van der Waals surface area contributed by atoms with Gasteiger partial charge in [0.15, 0.2) is 0 Å². The number of aromatic carboxylic acids is 1. The van der Waals surface area contributed by atoms with Crippen LogP contribution in [0, 0.1) is 10.1 Å². The minimum Gasteiger partial charge on any atom is -0.478 e. The van der Waals surface area contributed by atoms with E-state index in [-0.39, 0.29) is 17.4 Å². The van der Waals surface area contributed by atoms with Gasteiger partial charge in [0.2, 0.25) is 0 Å². The summed E-state index contributed by atoms with van der Waals surface area (Å²) in [5.41, 5.74) is -0.240. The number of hydrogen-bond acceptors (Lipinski definition) is 5. The zero-order chi connectivity index (χ0) is 13.8. The molecule has 0 spiro atoms. The lowest BCUT2D eigenvalue weighted by Gasteiger charge is -2.10. The number of thioether (sulfide) groups is 1. The Morgan fingerprint density at radius 2 is 2.37 bits per heavy atom. The summed E-state index contributed by atoms with van der Waals surface area (Å²) in [6.07, 6.45) is 2.14. The third kappa shape index (κ3) is 3.45. The molecule has 2 rings (SSSR count). The largest absolute Gasteiger partial charge is 0.478 e. The van der Waals surface area contributed by atoms with E-state index in [1.807, 2.05) is 0 Å². The highest BCUT2D eigenvalue weighted by Crippen LogP contribution is 2.29. The summed E-state index contributed by atoms with van der Waals surface area (Å²) in [6.45, 7) is 0.747. The number of nitrogens with zero attached hydrogens (tertiary/aromatic N) is 1. The van der Waals surface area contributed by atoms with Gasteiger partial charge in [-0.25, -0.2) is 4.79 Å². The Morgan fingerprint density at radius 1 is 1.58 bits per heavy atom. The summed E-state index contributed by atoms with van der Waals surface area (Å²) in [4.78, 5) is 21.7. The van der Waals surface area contributed by atoms with Gasteiger partial charge in [-0.3, -0.25) is 10.1 Å². The summed E-state index contributed by atoms with van der Waals surface area (Å²) < 4.78 is 5.46. The molecule has 6 nitrogen and oxygen atoms in total. The molecule has 1 atom stereocenters. The number of ether oxygens (including phenoxy) is 1. The maximum absolute atomic E-state index is 11.1. The van der Waals surface area contributed by atoms with Gasteiger partial charge < -0.3 is 9.84 Å². The van der Waals surface area contributed by atoms with E-state index in [1.54, 1.807) is 0 Å². The minimum absolute atomic E-state index is 0.0304. The lowest BCUT2D eigenvalue weighted by Crippen LogP contribution is -2.09. The first-order valence-electron chi connectivity index (χ1n) is 5.84. The van der Waals surface area contributed by atoms with Crippen LogP contribution in [0.5, 0.6) is 0 Å². The lowest BCUT2D eigenvalue weighted by molar-refractivity contribution is -0.384. The van der Waals surface area contributed by atoms with E-state index in [9.17, 15) is 14.9 Å². The second-order valence-corrected chi connectivity index (χ2v) is 5.25. The Bertz CT molecular complexity index is 499. The molecule has 1 aliphatic heterocycles. The fourth-order valence-electron chi connectivity index (χ4n) is 1.88. The number of nitro groups is 1. The Balaban J connectivity index is 2.14. The second kappa shape index (κ2) is 6.03. The number of carboxylic acids is 1. The average molecular weight is 283 g/mol. The van der Waals surface area contributed by atoms with Crippen molar-refractivity contribution in [2.45, 2.75) is 23.8 Å². The van der Waals surface area contributed by atoms with Crippen LogP contribution in [-0.2, 0) is 4.74 Å². The zero-order valence-corrected chi connectivity index (χ0v) is 10.9. The molecule has 1 aliphatic rings. The fraction of sp³-hybridized carbons (Fsp3) is 0.417. The summed E-state index contributed by atoms with van der Waals surface area (Å²) in [7, 11) is 0. The number of benzene rings is 1. The number of rotatable bonds is 5. The summed E-state index contributed by atoms with van der Waals surface area (Å²) in [6, 6.07) is 3.91. The van der Waals surface area contributed by atoms with Gasteiger partial charge >= 0.3 is 5.97 Å². The number of carboxylic acid groups (broad SMARTS) is 1. The molecule has 0 aromatic heterocycles. The predicted molar refractivity (Wildman–Crippen MR) is 69.8 cm³/mol. The predicted octanol–water partition coefficient (Wildman–Crippen LogP) is 2.56. The van der Waals surface area contributed by atoms with E-state index < -0.39 is 10.9 Å². The van der Waals surface area contributed by atoms with Crippen LogP contribution in [-0.4, -0.2) is 34.5 Å².